The first-order valence-corrected chi connectivity index (χ1v) is 7.67. The first-order valence-electron chi connectivity index (χ1n) is 7.67. The molecule has 1 N–H and O–H groups in total. The highest BCUT2D eigenvalue weighted by atomic mass is 16.6. The van der Waals surface area contributed by atoms with Gasteiger partial charge in [-0.1, -0.05) is 13.8 Å². The van der Waals surface area contributed by atoms with Gasteiger partial charge < -0.3 is 14.7 Å². The van der Waals surface area contributed by atoms with Crippen molar-refractivity contribution in [2.24, 2.45) is 11.3 Å². The van der Waals surface area contributed by atoms with Gasteiger partial charge in [-0.15, -0.1) is 0 Å². The van der Waals surface area contributed by atoms with Gasteiger partial charge in [-0.05, 0) is 46.0 Å². The van der Waals surface area contributed by atoms with Crippen molar-refractivity contribution < 1.29 is 14.6 Å². The van der Waals surface area contributed by atoms with E-state index in [4.69, 9.17) is 4.74 Å². The second-order valence-electron chi connectivity index (χ2n) is 7.38. The molecule has 1 fully saturated rings. The van der Waals surface area contributed by atoms with E-state index < -0.39 is 17.1 Å². The highest BCUT2D eigenvalue weighted by Crippen LogP contribution is 2.37. The lowest BCUT2D eigenvalue weighted by atomic mass is 9.73. The molecule has 1 unspecified atom stereocenters. The quantitative estimate of drug-likeness (QED) is 0.869. The SMILES string of the molecule is CC(C)CC(O)C1(C#N)CCN(C(=O)OC(C)(C)C)CC1. The van der Waals surface area contributed by atoms with E-state index in [2.05, 4.69) is 6.07 Å². The number of nitriles is 1. The average Bonchev–Trinajstić information content (AvgIpc) is 2.36. The summed E-state index contributed by atoms with van der Waals surface area (Å²) in [6, 6.07) is 2.30. The number of aliphatic hydroxyl groups is 1. The van der Waals surface area contributed by atoms with E-state index in [0.29, 0.717) is 38.3 Å². The van der Waals surface area contributed by atoms with Crippen molar-refractivity contribution >= 4 is 6.09 Å². The Morgan fingerprint density at radius 2 is 1.90 bits per heavy atom. The lowest BCUT2D eigenvalue weighted by Gasteiger charge is -2.40. The molecule has 21 heavy (non-hydrogen) atoms. The number of nitrogens with zero attached hydrogens (tertiary/aromatic N) is 2. The van der Waals surface area contributed by atoms with Crippen LogP contribution in [-0.2, 0) is 4.74 Å². The van der Waals surface area contributed by atoms with Crippen LogP contribution in [0, 0.1) is 22.7 Å². The van der Waals surface area contributed by atoms with Crippen molar-refractivity contribution in [3.63, 3.8) is 0 Å². The Morgan fingerprint density at radius 1 is 1.38 bits per heavy atom. The first kappa shape index (κ1) is 17.8. The fraction of sp³-hybridized carbons (Fsp3) is 0.875. The second kappa shape index (κ2) is 6.65. The Labute approximate surface area is 127 Å². The second-order valence-corrected chi connectivity index (χ2v) is 7.38. The molecule has 1 rings (SSSR count). The van der Waals surface area contributed by atoms with E-state index in [1.165, 1.54) is 0 Å². The molecular weight excluding hydrogens is 268 g/mol. The molecule has 1 aliphatic rings. The van der Waals surface area contributed by atoms with Gasteiger partial charge >= 0.3 is 6.09 Å². The zero-order valence-corrected chi connectivity index (χ0v) is 13.8. The van der Waals surface area contributed by atoms with Gasteiger partial charge in [0, 0.05) is 13.1 Å². The highest BCUT2D eigenvalue weighted by Gasteiger charge is 2.42. The third-order valence-corrected chi connectivity index (χ3v) is 3.86. The molecule has 0 aliphatic carbocycles. The molecule has 0 saturated carbocycles. The smallest absolute Gasteiger partial charge is 0.410 e. The Morgan fingerprint density at radius 3 is 2.29 bits per heavy atom. The molecule has 1 aliphatic heterocycles. The van der Waals surface area contributed by atoms with Crippen molar-refractivity contribution in [3.05, 3.63) is 0 Å². The predicted molar refractivity (Wildman–Crippen MR) is 80.5 cm³/mol. The monoisotopic (exact) mass is 296 g/mol. The third-order valence-electron chi connectivity index (χ3n) is 3.86. The summed E-state index contributed by atoms with van der Waals surface area (Å²) in [5.74, 6) is 0.342. The van der Waals surface area contributed by atoms with E-state index in [1.54, 1.807) is 4.90 Å². The Kier molecular flexibility index (Phi) is 5.63. The van der Waals surface area contributed by atoms with Gasteiger partial charge in [-0.3, -0.25) is 0 Å². The van der Waals surface area contributed by atoms with Gasteiger partial charge in [0.2, 0.25) is 0 Å². The lowest BCUT2D eigenvalue weighted by molar-refractivity contribution is -0.0151. The van der Waals surface area contributed by atoms with Crippen molar-refractivity contribution in [1.29, 1.82) is 5.26 Å². The summed E-state index contributed by atoms with van der Waals surface area (Å²) in [5, 5.41) is 19.8. The van der Waals surface area contributed by atoms with Crippen molar-refractivity contribution in [2.45, 2.75) is 65.6 Å². The van der Waals surface area contributed by atoms with Crippen LogP contribution >= 0.6 is 0 Å². The van der Waals surface area contributed by atoms with Crippen LogP contribution in [0.25, 0.3) is 0 Å². The molecule has 0 aromatic carbocycles. The van der Waals surface area contributed by atoms with E-state index in [-0.39, 0.29) is 6.09 Å². The van der Waals surface area contributed by atoms with Gasteiger partial charge in [0.1, 0.15) is 5.60 Å². The van der Waals surface area contributed by atoms with Crippen LogP contribution < -0.4 is 0 Å². The number of hydrogen-bond acceptors (Lipinski definition) is 4. The summed E-state index contributed by atoms with van der Waals surface area (Å²) < 4.78 is 5.35. The summed E-state index contributed by atoms with van der Waals surface area (Å²) >= 11 is 0. The number of likely N-dealkylation sites (tertiary alicyclic amines) is 1. The fourth-order valence-corrected chi connectivity index (χ4v) is 2.61. The highest BCUT2D eigenvalue weighted by molar-refractivity contribution is 5.68. The molecule has 1 amide bonds. The molecular formula is C16H28N2O3. The minimum atomic E-state index is -0.733. The van der Waals surface area contributed by atoms with Crippen LogP contribution in [-0.4, -0.2) is 40.9 Å². The molecule has 0 radical (unpaired) electrons. The van der Waals surface area contributed by atoms with Crippen LogP contribution in [0.15, 0.2) is 0 Å². The van der Waals surface area contributed by atoms with Gasteiger partial charge in [-0.2, -0.15) is 5.26 Å². The molecule has 5 heteroatoms. The van der Waals surface area contributed by atoms with Crippen molar-refractivity contribution in [2.75, 3.05) is 13.1 Å². The topological polar surface area (TPSA) is 73.6 Å². The van der Waals surface area contributed by atoms with Gasteiger partial charge in [-0.25, -0.2) is 4.79 Å². The molecule has 0 spiro atoms. The standard InChI is InChI=1S/C16H28N2O3/c1-12(2)10-13(19)16(11-17)6-8-18(9-7-16)14(20)21-15(3,4)5/h12-13,19H,6-10H2,1-5H3. The number of hydrogen-bond donors (Lipinski definition) is 1. The number of piperidine rings is 1. The first-order chi connectivity index (χ1) is 9.59. The lowest BCUT2D eigenvalue weighted by Crippen LogP contribution is -2.48. The number of carbonyl (C=O) groups is 1. The normalized spacial score (nSPS) is 20.0. The largest absolute Gasteiger partial charge is 0.444 e. The summed E-state index contributed by atoms with van der Waals surface area (Å²) in [5.41, 5.74) is -1.25. The summed E-state index contributed by atoms with van der Waals surface area (Å²) in [6.07, 6.45) is 0.628. The molecule has 0 bridgehead atoms. The number of carbonyl (C=O) groups excluding carboxylic acids is 1. The van der Waals surface area contributed by atoms with Crippen LogP contribution in [0.1, 0.15) is 53.9 Å². The molecule has 1 heterocycles. The third kappa shape index (κ3) is 4.89. The van der Waals surface area contributed by atoms with E-state index in [9.17, 15) is 15.2 Å². The van der Waals surface area contributed by atoms with Crippen LogP contribution in [0.3, 0.4) is 0 Å². The van der Waals surface area contributed by atoms with Crippen LogP contribution in [0.4, 0.5) is 4.79 Å². The summed E-state index contributed by atoms with van der Waals surface area (Å²) in [6.45, 7) is 10.5. The average molecular weight is 296 g/mol. The van der Waals surface area contributed by atoms with E-state index in [0.717, 1.165) is 0 Å². The predicted octanol–water partition coefficient (Wildman–Crippen LogP) is 2.93. The summed E-state index contributed by atoms with van der Waals surface area (Å²) in [4.78, 5) is 13.6. The summed E-state index contributed by atoms with van der Waals surface area (Å²) in [7, 11) is 0. The molecule has 1 atom stereocenters. The minimum Gasteiger partial charge on any atom is -0.444 e. The zero-order valence-electron chi connectivity index (χ0n) is 13.8. The van der Waals surface area contributed by atoms with Gasteiger partial charge in [0.25, 0.3) is 0 Å². The maximum Gasteiger partial charge on any atom is 0.410 e. The Hall–Kier alpha value is -1.28. The van der Waals surface area contributed by atoms with Gasteiger partial charge in [0.15, 0.2) is 0 Å². The van der Waals surface area contributed by atoms with Crippen LogP contribution in [0.5, 0.6) is 0 Å². The molecule has 1 saturated heterocycles. The molecule has 5 nitrogen and oxygen atoms in total. The molecule has 0 aromatic rings. The van der Waals surface area contributed by atoms with E-state index in [1.807, 2.05) is 34.6 Å². The van der Waals surface area contributed by atoms with Crippen molar-refractivity contribution in [3.8, 4) is 6.07 Å². The number of rotatable bonds is 3. The molecule has 0 aromatic heterocycles. The molecule has 120 valence electrons. The Bertz CT molecular complexity index is 399. The van der Waals surface area contributed by atoms with Gasteiger partial charge in [0.05, 0.1) is 17.6 Å². The maximum absolute atomic E-state index is 12.0. The number of amides is 1. The van der Waals surface area contributed by atoms with Crippen LogP contribution in [0.2, 0.25) is 0 Å². The minimum absolute atomic E-state index is 0.340. The maximum atomic E-state index is 12.0. The number of ether oxygens (including phenoxy) is 1. The van der Waals surface area contributed by atoms with Crippen molar-refractivity contribution in [1.82, 2.24) is 4.90 Å². The Balaban J connectivity index is 2.64. The van der Waals surface area contributed by atoms with E-state index >= 15 is 0 Å². The fourth-order valence-electron chi connectivity index (χ4n) is 2.61. The zero-order chi connectivity index (χ0) is 16.3. The number of aliphatic hydroxyl groups excluding tert-OH is 1.